The molecule has 0 amide bonds. The van der Waals surface area contributed by atoms with Crippen LogP contribution in [0.1, 0.15) is 16.7 Å². The number of benzene rings is 2. The van der Waals surface area contributed by atoms with Gasteiger partial charge < -0.3 is 5.32 Å². The maximum atomic E-state index is 10.9. The molecule has 0 aliphatic heterocycles. The third kappa shape index (κ3) is 3.17. The fourth-order valence-electron chi connectivity index (χ4n) is 2.02. The Morgan fingerprint density at radius 3 is 2.55 bits per heavy atom. The maximum absolute atomic E-state index is 10.9. The number of nitro benzene ring substituents is 1. The lowest BCUT2D eigenvalue weighted by Crippen LogP contribution is -2.03. The Kier molecular flexibility index (Phi) is 4.39. The molecule has 0 saturated carbocycles. The topological polar surface area (TPSA) is 55.2 Å². The summed E-state index contributed by atoms with van der Waals surface area (Å²) in [5.41, 5.74) is 3.75. The Hall–Kier alpha value is -1.88. The first-order valence-electron chi connectivity index (χ1n) is 6.22. The molecule has 20 heavy (non-hydrogen) atoms. The van der Waals surface area contributed by atoms with Gasteiger partial charge in [0.25, 0.3) is 5.69 Å². The molecule has 0 unspecified atom stereocenters. The van der Waals surface area contributed by atoms with E-state index < -0.39 is 0 Å². The van der Waals surface area contributed by atoms with Crippen LogP contribution in [-0.4, -0.2) is 4.92 Å². The van der Waals surface area contributed by atoms with Gasteiger partial charge in [0.1, 0.15) is 0 Å². The van der Waals surface area contributed by atoms with Gasteiger partial charge in [0.15, 0.2) is 0 Å². The number of nitro groups is 1. The number of nitrogens with one attached hydrogen (secondary N) is 1. The zero-order valence-electron chi connectivity index (χ0n) is 11.3. The van der Waals surface area contributed by atoms with E-state index in [1.165, 1.54) is 0 Å². The van der Waals surface area contributed by atoms with Crippen molar-refractivity contribution in [3.63, 3.8) is 0 Å². The highest BCUT2D eigenvalue weighted by Gasteiger charge is 2.13. The van der Waals surface area contributed by atoms with Crippen molar-refractivity contribution in [2.45, 2.75) is 20.4 Å². The molecule has 0 fully saturated rings. The van der Waals surface area contributed by atoms with Crippen LogP contribution in [-0.2, 0) is 6.54 Å². The summed E-state index contributed by atoms with van der Waals surface area (Å²) < 4.78 is 1.05. The average Bonchev–Trinajstić information content (AvgIpc) is 2.40. The lowest BCUT2D eigenvalue weighted by Gasteiger charge is -2.12. The van der Waals surface area contributed by atoms with Gasteiger partial charge in [-0.15, -0.1) is 0 Å². The predicted molar refractivity (Wildman–Crippen MR) is 84.0 cm³/mol. The molecule has 2 rings (SSSR count). The van der Waals surface area contributed by atoms with Crippen molar-refractivity contribution >= 4 is 27.3 Å². The van der Waals surface area contributed by atoms with E-state index in [9.17, 15) is 10.1 Å². The molecule has 0 saturated heterocycles. The maximum Gasteiger partial charge on any atom is 0.272 e. The number of hydrogen-bond acceptors (Lipinski definition) is 3. The molecule has 2 aromatic carbocycles. The Bertz CT molecular complexity index is 656. The van der Waals surface area contributed by atoms with Gasteiger partial charge in [0, 0.05) is 28.3 Å². The van der Waals surface area contributed by atoms with E-state index in [0.717, 1.165) is 21.3 Å². The van der Waals surface area contributed by atoms with Crippen LogP contribution < -0.4 is 5.32 Å². The third-order valence-corrected chi connectivity index (χ3v) is 3.94. The molecule has 0 aliphatic carbocycles. The molecule has 0 aliphatic rings. The molecule has 0 spiro atoms. The monoisotopic (exact) mass is 334 g/mol. The van der Waals surface area contributed by atoms with E-state index in [4.69, 9.17) is 0 Å². The molecule has 5 heteroatoms. The quantitative estimate of drug-likeness (QED) is 0.657. The van der Waals surface area contributed by atoms with Gasteiger partial charge in [0.05, 0.1) is 4.92 Å². The van der Waals surface area contributed by atoms with Crippen LogP contribution in [0.3, 0.4) is 0 Å². The highest BCUT2D eigenvalue weighted by molar-refractivity contribution is 9.10. The zero-order chi connectivity index (χ0) is 14.7. The van der Waals surface area contributed by atoms with Gasteiger partial charge in [-0.25, -0.2) is 0 Å². The van der Waals surface area contributed by atoms with Crippen molar-refractivity contribution in [2.24, 2.45) is 0 Å². The predicted octanol–water partition coefficient (Wildman–Crippen LogP) is 4.59. The van der Waals surface area contributed by atoms with E-state index in [0.29, 0.717) is 12.1 Å². The Balaban J connectivity index is 2.21. The smallest absolute Gasteiger partial charge is 0.272 e. The van der Waals surface area contributed by atoms with Crippen LogP contribution in [0.25, 0.3) is 0 Å². The summed E-state index contributed by atoms with van der Waals surface area (Å²) in [6, 6.07) is 11.4. The largest absolute Gasteiger partial charge is 0.381 e. The van der Waals surface area contributed by atoms with Crippen LogP contribution in [0.5, 0.6) is 0 Å². The molecule has 0 radical (unpaired) electrons. The summed E-state index contributed by atoms with van der Waals surface area (Å²) in [7, 11) is 0. The molecule has 0 atom stereocenters. The zero-order valence-corrected chi connectivity index (χ0v) is 12.9. The number of anilines is 1. The highest BCUT2D eigenvalue weighted by Crippen LogP contribution is 2.27. The molecular weight excluding hydrogens is 320 g/mol. The highest BCUT2D eigenvalue weighted by atomic mass is 79.9. The van der Waals surface area contributed by atoms with E-state index in [1.807, 2.05) is 37.3 Å². The molecule has 104 valence electrons. The minimum atomic E-state index is -0.347. The Morgan fingerprint density at radius 2 is 1.90 bits per heavy atom. The number of aryl methyl sites for hydroxylation is 2. The number of nitrogens with zero attached hydrogens (tertiary/aromatic N) is 1. The van der Waals surface area contributed by atoms with Gasteiger partial charge in [-0.2, -0.15) is 0 Å². The van der Waals surface area contributed by atoms with Crippen LogP contribution in [0, 0.1) is 24.0 Å². The van der Waals surface area contributed by atoms with Crippen LogP contribution >= 0.6 is 15.9 Å². The first-order chi connectivity index (χ1) is 9.49. The minimum absolute atomic E-state index is 0.161. The SMILES string of the molecule is Cc1cc([N+](=O)[O-])c(C)cc1NCc1ccccc1Br. The third-order valence-electron chi connectivity index (χ3n) is 3.17. The van der Waals surface area contributed by atoms with Crippen molar-refractivity contribution in [3.8, 4) is 0 Å². The normalized spacial score (nSPS) is 10.3. The minimum Gasteiger partial charge on any atom is -0.381 e. The molecule has 1 N–H and O–H groups in total. The summed E-state index contributed by atoms with van der Waals surface area (Å²) in [6.45, 7) is 4.29. The van der Waals surface area contributed by atoms with Gasteiger partial charge in [-0.05, 0) is 37.1 Å². The molecule has 4 nitrogen and oxygen atoms in total. The first kappa shape index (κ1) is 14.5. The molecule has 2 aromatic rings. The number of hydrogen-bond donors (Lipinski definition) is 1. The number of rotatable bonds is 4. The fraction of sp³-hybridized carbons (Fsp3) is 0.200. The Labute approximate surface area is 126 Å². The summed E-state index contributed by atoms with van der Waals surface area (Å²) in [6.07, 6.45) is 0. The van der Waals surface area contributed by atoms with Crippen LogP contribution in [0.2, 0.25) is 0 Å². The van der Waals surface area contributed by atoms with Crippen molar-refractivity contribution in [2.75, 3.05) is 5.32 Å². The second-order valence-electron chi connectivity index (χ2n) is 4.66. The summed E-state index contributed by atoms with van der Waals surface area (Å²) in [4.78, 5) is 10.5. The lowest BCUT2D eigenvalue weighted by molar-refractivity contribution is -0.385. The van der Waals surface area contributed by atoms with Crippen molar-refractivity contribution in [1.82, 2.24) is 0 Å². The van der Waals surface area contributed by atoms with Gasteiger partial charge in [-0.1, -0.05) is 34.1 Å². The van der Waals surface area contributed by atoms with Crippen molar-refractivity contribution in [3.05, 3.63) is 67.7 Å². The number of halogens is 1. The molecule has 0 aromatic heterocycles. The van der Waals surface area contributed by atoms with Gasteiger partial charge in [-0.3, -0.25) is 10.1 Å². The Morgan fingerprint density at radius 1 is 1.20 bits per heavy atom. The van der Waals surface area contributed by atoms with E-state index in [1.54, 1.807) is 13.0 Å². The summed E-state index contributed by atoms with van der Waals surface area (Å²) in [5, 5.41) is 14.2. The summed E-state index contributed by atoms with van der Waals surface area (Å²) in [5.74, 6) is 0. The molecule has 0 heterocycles. The van der Waals surface area contributed by atoms with Gasteiger partial charge >= 0.3 is 0 Å². The second-order valence-corrected chi connectivity index (χ2v) is 5.51. The second kappa shape index (κ2) is 6.05. The van der Waals surface area contributed by atoms with Gasteiger partial charge in [0.2, 0.25) is 0 Å². The lowest BCUT2D eigenvalue weighted by atomic mass is 10.1. The van der Waals surface area contributed by atoms with Crippen LogP contribution in [0.4, 0.5) is 11.4 Å². The fourth-order valence-corrected chi connectivity index (χ4v) is 2.45. The molecular formula is C15H15BrN2O2. The van der Waals surface area contributed by atoms with Crippen molar-refractivity contribution < 1.29 is 4.92 Å². The van der Waals surface area contributed by atoms with E-state index in [-0.39, 0.29) is 10.6 Å². The van der Waals surface area contributed by atoms with E-state index in [2.05, 4.69) is 21.2 Å². The van der Waals surface area contributed by atoms with Crippen molar-refractivity contribution in [1.29, 1.82) is 0 Å². The average molecular weight is 335 g/mol. The first-order valence-corrected chi connectivity index (χ1v) is 7.01. The standard InChI is InChI=1S/C15H15BrN2O2/c1-10-8-15(18(19)20)11(2)7-14(10)17-9-12-5-3-4-6-13(12)16/h3-8,17H,9H2,1-2H3. The summed E-state index contributed by atoms with van der Waals surface area (Å²) >= 11 is 3.50. The van der Waals surface area contributed by atoms with E-state index >= 15 is 0 Å². The van der Waals surface area contributed by atoms with Crippen LogP contribution in [0.15, 0.2) is 40.9 Å². The molecule has 0 bridgehead atoms.